The van der Waals surface area contributed by atoms with E-state index in [4.69, 9.17) is 9.84 Å². The Hall–Kier alpha value is -2.62. The zero-order chi connectivity index (χ0) is 25.2. The van der Waals surface area contributed by atoms with E-state index >= 15 is 0 Å². The van der Waals surface area contributed by atoms with Crippen LogP contribution in [0.5, 0.6) is 0 Å². The second-order valence-corrected chi connectivity index (χ2v) is 8.96. The summed E-state index contributed by atoms with van der Waals surface area (Å²) in [7, 11) is 0. The summed E-state index contributed by atoms with van der Waals surface area (Å²) in [5, 5.41) is 9.13. The number of hydrogen-bond donors (Lipinski definition) is 1. The molecular weight excluding hydrogens is 424 g/mol. The van der Waals surface area contributed by atoms with Crippen LogP contribution in [0.25, 0.3) is 0 Å². The van der Waals surface area contributed by atoms with Gasteiger partial charge in [0.25, 0.3) is 0 Å². The SMILES string of the molecule is CCCCC(CC)COC(=O)c1ccccc1.CCCCC(CC)Cc1ccccc1C(=O)O. The molecule has 4 heteroatoms. The third kappa shape index (κ3) is 11.5. The van der Waals surface area contributed by atoms with E-state index in [1.54, 1.807) is 24.3 Å². The van der Waals surface area contributed by atoms with Crippen LogP contribution in [0.15, 0.2) is 54.6 Å². The van der Waals surface area contributed by atoms with Gasteiger partial charge in [0.15, 0.2) is 0 Å². The number of esters is 1. The summed E-state index contributed by atoms with van der Waals surface area (Å²) in [5.74, 6) is 0.0876. The number of unbranched alkanes of at least 4 members (excludes halogenated alkanes) is 2. The van der Waals surface area contributed by atoms with Gasteiger partial charge >= 0.3 is 11.9 Å². The van der Waals surface area contributed by atoms with Crippen LogP contribution in [0.4, 0.5) is 0 Å². The maximum Gasteiger partial charge on any atom is 0.338 e. The quantitative estimate of drug-likeness (QED) is 0.284. The molecule has 0 bridgehead atoms. The van der Waals surface area contributed by atoms with Crippen molar-refractivity contribution >= 4 is 11.9 Å². The largest absolute Gasteiger partial charge is 0.478 e. The number of carboxylic acid groups (broad SMARTS) is 1. The molecule has 4 nitrogen and oxygen atoms in total. The van der Waals surface area contributed by atoms with Gasteiger partial charge in [-0.05, 0) is 48.4 Å². The highest BCUT2D eigenvalue weighted by Crippen LogP contribution is 2.21. The van der Waals surface area contributed by atoms with E-state index in [-0.39, 0.29) is 5.97 Å². The van der Waals surface area contributed by atoms with Crippen molar-refractivity contribution in [2.24, 2.45) is 11.8 Å². The number of benzene rings is 2. The molecule has 0 aliphatic heterocycles. The van der Waals surface area contributed by atoms with Crippen LogP contribution in [0.3, 0.4) is 0 Å². The first kappa shape index (κ1) is 29.4. The molecule has 0 fully saturated rings. The molecule has 0 saturated carbocycles. The lowest BCUT2D eigenvalue weighted by molar-refractivity contribution is 0.0428. The average molecular weight is 469 g/mol. The van der Waals surface area contributed by atoms with E-state index in [0.29, 0.717) is 29.6 Å². The molecule has 2 aromatic rings. The minimum absolute atomic E-state index is 0.208. The smallest absolute Gasteiger partial charge is 0.338 e. The zero-order valence-electron chi connectivity index (χ0n) is 21.6. The molecule has 2 aromatic carbocycles. The highest BCUT2D eigenvalue weighted by molar-refractivity contribution is 5.89. The first-order valence-electron chi connectivity index (χ1n) is 13.0. The van der Waals surface area contributed by atoms with Crippen LogP contribution < -0.4 is 0 Å². The van der Waals surface area contributed by atoms with Crippen molar-refractivity contribution in [1.82, 2.24) is 0 Å². The Kier molecular flexibility index (Phi) is 15.4. The number of hydrogen-bond acceptors (Lipinski definition) is 3. The Morgan fingerprint density at radius 3 is 1.91 bits per heavy atom. The topological polar surface area (TPSA) is 63.6 Å². The number of carboxylic acids is 1. The van der Waals surface area contributed by atoms with Crippen molar-refractivity contribution in [2.75, 3.05) is 6.61 Å². The minimum atomic E-state index is -0.814. The second kappa shape index (κ2) is 17.8. The summed E-state index contributed by atoms with van der Waals surface area (Å²) in [6, 6.07) is 16.5. The first-order valence-corrected chi connectivity index (χ1v) is 13.0. The Labute approximate surface area is 206 Å². The Morgan fingerprint density at radius 2 is 1.35 bits per heavy atom. The van der Waals surface area contributed by atoms with Gasteiger partial charge in [-0.3, -0.25) is 0 Å². The molecule has 34 heavy (non-hydrogen) atoms. The fourth-order valence-corrected chi connectivity index (χ4v) is 3.91. The van der Waals surface area contributed by atoms with E-state index in [1.807, 2.05) is 30.3 Å². The molecule has 0 saturated heterocycles. The predicted molar refractivity (Wildman–Crippen MR) is 140 cm³/mol. The molecule has 0 heterocycles. The van der Waals surface area contributed by atoms with E-state index in [1.165, 1.54) is 32.1 Å². The van der Waals surface area contributed by atoms with Gasteiger partial charge in [0.05, 0.1) is 17.7 Å². The normalized spacial score (nSPS) is 12.2. The molecule has 2 atom stereocenters. The summed E-state index contributed by atoms with van der Waals surface area (Å²) in [6.07, 6.45) is 10.3. The zero-order valence-corrected chi connectivity index (χ0v) is 21.6. The van der Waals surface area contributed by atoms with Gasteiger partial charge in [0, 0.05) is 0 Å². The summed E-state index contributed by atoms with van der Waals surface area (Å²) in [5.41, 5.74) is 2.07. The summed E-state index contributed by atoms with van der Waals surface area (Å²) < 4.78 is 5.34. The highest BCUT2D eigenvalue weighted by atomic mass is 16.5. The maximum atomic E-state index is 11.7. The van der Waals surface area contributed by atoms with Crippen molar-refractivity contribution in [1.29, 1.82) is 0 Å². The van der Waals surface area contributed by atoms with Gasteiger partial charge in [-0.25, -0.2) is 9.59 Å². The highest BCUT2D eigenvalue weighted by Gasteiger charge is 2.13. The van der Waals surface area contributed by atoms with E-state index < -0.39 is 5.97 Å². The van der Waals surface area contributed by atoms with Crippen LogP contribution in [0.2, 0.25) is 0 Å². The van der Waals surface area contributed by atoms with Crippen molar-refractivity contribution in [3.8, 4) is 0 Å². The lowest BCUT2D eigenvalue weighted by Gasteiger charge is -2.15. The molecule has 0 radical (unpaired) electrons. The first-order chi connectivity index (χ1) is 16.5. The number of carbonyl (C=O) groups excluding carboxylic acids is 1. The van der Waals surface area contributed by atoms with Gasteiger partial charge in [0.1, 0.15) is 0 Å². The summed E-state index contributed by atoms with van der Waals surface area (Å²) in [4.78, 5) is 22.8. The van der Waals surface area contributed by atoms with Gasteiger partial charge < -0.3 is 9.84 Å². The fourth-order valence-electron chi connectivity index (χ4n) is 3.91. The predicted octanol–water partition coefficient (Wildman–Crippen LogP) is 8.20. The molecule has 188 valence electrons. The van der Waals surface area contributed by atoms with Gasteiger partial charge in [-0.1, -0.05) is 109 Å². The Balaban J connectivity index is 0.000000340. The lowest BCUT2D eigenvalue weighted by Crippen LogP contribution is -2.13. The standard InChI is InChI=1S/2C15H22O2/c1-3-5-9-13(4-2)12-17-15(16)14-10-7-6-8-11-14;1-3-5-8-12(4-2)11-13-9-6-7-10-14(13)15(16)17/h6-8,10-11,13H,3-5,9,12H2,1-2H3;6-7,9-10,12H,3-5,8,11H2,1-2H3,(H,16,17). The molecule has 0 amide bonds. The number of rotatable bonds is 14. The van der Waals surface area contributed by atoms with Crippen molar-refractivity contribution in [3.05, 3.63) is 71.3 Å². The van der Waals surface area contributed by atoms with Crippen LogP contribution in [0, 0.1) is 11.8 Å². The van der Waals surface area contributed by atoms with Crippen molar-refractivity contribution in [3.63, 3.8) is 0 Å². The molecule has 0 spiro atoms. The van der Waals surface area contributed by atoms with E-state index in [0.717, 1.165) is 31.2 Å². The average Bonchev–Trinajstić information content (AvgIpc) is 2.87. The molecule has 2 unspecified atom stereocenters. The molecule has 2 rings (SSSR count). The second-order valence-electron chi connectivity index (χ2n) is 8.96. The molecule has 1 N–H and O–H groups in total. The van der Waals surface area contributed by atoms with Crippen LogP contribution >= 0.6 is 0 Å². The number of ether oxygens (including phenoxy) is 1. The van der Waals surface area contributed by atoms with Crippen LogP contribution in [0.1, 0.15) is 105 Å². The van der Waals surface area contributed by atoms with E-state index in [9.17, 15) is 9.59 Å². The minimum Gasteiger partial charge on any atom is -0.478 e. The fraction of sp³-hybridized carbons (Fsp3) is 0.533. The third-order valence-corrected chi connectivity index (χ3v) is 6.30. The van der Waals surface area contributed by atoms with Gasteiger partial charge in [-0.15, -0.1) is 0 Å². The maximum absolute atomic E-state index is 11.7. The van der Waals surface area contributed by atoms with Crippen LogP contribution in [-0.2, 0) is 11.2 Å². The molecule has 0 aliphatic carbocycles. The Morgan fingerprint density at radius 1 is 0.794 bits per heavy atom. The van der Waals surface area contributed by atoms with Crippen molar-refractivity contribution in [2.45, 2.75) is 85.5 Å². The number of carbonyl (C=O) groups is 2. The van der Waals surface area contributed by atoms with Crippen molar-refractivity contribution < 1.29 is 19.4 Å². The van der Waals surface area contributed by atoms with Crippen LogP contribution in [-0.4, -0.2) is 23.7 Å². The lowest BCUT2D eigenvalue weighted by atomic mass is 9.90. The molecule has 0 aromatic heterocycles. The monoisotopic (exact) mass is 468 g/mol. The molecular formula is C30H44O4. The summed E-state index contributed by atoms with van der Waals surface area (Å²) in [6.45, 7) is 9.26. The third-order valence-electron chi connectivity index (χ3n) is 6.30. The molecule has 0 aliphatic rings. The van der Waals surface area contributed by atoms with E-state index in [2.05, 4.69) is 27.7 Å². The Bertz CT molecular complexity index is 816. The van der Waals surface area contributed by atoms with Gasteiger partial charge in [0.2, 0.25) is 0 Å². The van der Waals surface area contributed by atoms with Gasteiger partial charge in [-0.2, -0.15) is 0 Å². The summed E-state index contributed by atoms with van der Waals surface area (Å²) >= 11 is 0. The number of aromatic carboxylic acids is 1.